The van der Waals surface area contributed by atoms with Crippen LogP contribution in [0.25, 0.3) is 0 Å². The van der Waals surface area contributed by atoms with Crippen molar-refractivity contribution in [2.24, 2.45) is 0 Å². The molecule has 0 spiro atoms. The van der Waals surface area contributed by atoms with E-state index in [1.54, 1.807) is 6.92 Å². The Labute approximate surface area is 78.6 Å². The highest BCUT2D eigenvalue weighted by atomic mass is 35.6. The zero-order valence-electron chi connectivity index (χ0n) is 7.32. The van der Waals surface area contributed by atoms with Gasteiger partial charge in [0, 0.05) is 12.7 Å². The number of halogens is 1. The van der Waals surface area contributed by atoms with Crippen LogP contribution in [0.15, 0.2) is 0 Å². The molecule has 4 heteroatoms. The van der Waals surface area contributed by atoms with Crippen molar-refractivity contribution in [2.75, 3.05) is 5.75 Å². The van der Waals surface area contributed by atoms with E-state index in [4.69, 9.17) is 11.1 Å². The lowest BCUT2D eigenvalue weighted by Crippen LogP contribution is -2.15. The minimum Gasteiger partial charge on any atom is -0.288 e. The van der Waals surface area contributed by atoms with E-state index in [1.807, 2.05) is 0 Å². The van der Waals surface area contributed by atoms with Gasteiger partial charge in [0.1, 0.15) is 0 Å². The summed E-state index contributed by atoms with van der Waals surface area (Å²) in [6.07, 6.45) is 1.08. The van der Waals surface area contributed by atoms with Crippen LogP contribution in [0.3, 0.4) is 0 Å². The monoisotopic (exact) mass is 210 g/mol. The summed E-state index contributed by atoms with van der Waals surface area (Å²) in [6.45, 7) is 5.87. The number of carbonyl (C=O) groups excluding carboxylic acids is 1. The highest BCUT2D eigenvalue weighted by Gasteiger charge is 2.15. The molecule has 0 rings (SSSR count). The van der Waals surface area contributed by atoms with Gasteiger partial charge in [-0.2, -0.15) is 11.1 Å². The predicted molar refractivity (Wildman–Crippen MR) is 55.9 cm³/mol. The molecule has 0 aliphatic carbocycles. The van der Waals surface area contributed by atoms with E-state index < -0.39 is 7.38 Å². The fraction of sp³-hybridized carbons (Fsp3) is 0.857. The van der Waals surface area contributed by atoms with Crippen molar-refractivity contribution in [3.63, 3.8) is 0 Å². The second-order valence-electron chi connectivity index (χ2n) is 3.16. The maximum absolute atomic E-state index is 10.5. The van der Waals surface area contributed by atoms with Gasteiger partial charge < -0.3 is 0 Å². The molecule has 0 aromatic rings. The number of rotatable bonds is 4. The molecule has 0 bridgehead atoms. The summed E-state index contributed by atoms with van der Waals surface area (Å²) in [4.78, 5) is 10.5. The van der Waals surface area contributed by atoms with Crippen LogP contribution in [0.2, 0.25) is 19.1 Å². The third-order valence-electron chi connectivity index (χ3n) is 1.22. The summed E-state index contributed by atoms with van der Waals surface area (Å²) < 4.78 is 0. The first-order valence-corrected chi connectivity index (χ1v) is 8.94. The van der Waals surface area contributed by atoms with Crippen molar-refractivity contribution in [3.8, 4) is 0 Å². The zero-order chi connectivity index (χ0) is 8.91. The SMILES string of the molecule is CC(=O)SCCC[Si](C)(C)Cl. The molecule has 11 heavy (non-hydrogen) atoms. The molecule has 1 nitrogen and oxygen atoms in total. The third-order valence-corrected chi connectivity index (χ3v) is 4.23. The smallest absolute Gasteiger partial charge is 0.185 e. The summed E-state index contributed by atoms with van der Waals surface area (Å²) in [7, 11) is -1.38. The normalized spacial score (nSPS) is 11.6. The number of thioether (sulfide) groups is 1. The van der Waals surface area contributed by atoms with Gasteiger partial charge in [-0.1, -0.05) is 24.9 Å². The van der Waals surface area contributed by atoms with E-state index in [2.05, 4.69) is 13.1 Å². The maximum atomic E-state index is 10.5. The molecule has 0 aromatic carbocycles. The fourth-order valence-electron chi connectivity index (χ4n) is 0.708. The van der Waals surface area contributed by atoms with Gasteiger partial charge in [0.25, 0.3) is 0 Å². The quantitative estimate of drug-likeness (QED) is 0.403. The largest absolute Gasteiger partial charge is 0.288 e. The summed E-state index contributed by atoms with van der Waals surface area (Å²) in [5, 5.41) is 0.207. The van der Waals surface area contributed by atoms with Gasteiger partial charge in [-0.3, -0.25) is 4.79 Å². The number of hydrogen-bond donors (Lipinski definition) is 0. The van der Waals surface area contributed by atoms with Crippen LogP contribution < -0.4 is 0 Å². The highest BCUT2D eigenvalue weighted by Crippen LogP contribution is 2.18. The number of carbonyl (C=O) groups is 1. The van der Waals surface area contributed by atoms with Crippen molar-refractivity contribution >= 4 is 35.3 Å². The molecule has 66 valence electrons. The second kappa shape index (κ2) is 5.22. The van der Waals surface area contributed by atoms with Gasteiger partial charge in [-0.25, -0.2) is 0 Å². The Bertz CT molecular complexity index is 133. The van der Waals surface area contributed by atoms with Crippen LogP contribution in [0.1, 0.15) is 13.3 Å². The molecule has 0 aliphatic rings. The van der Waals surface area contributed by atoms with Crippen LogP contribution in [-0.2, 0) is 4.79 Å². The van der Waals surface area contributed by atoms with E-state index in [0.717, 1.165) is 18.2 Å². The van der Waals surface area contributed by atoms with Crippen LogP contribution in [0.5, 0.6) is 0 Å². The average molecular weight is 211 g/mol. The first-order valence-electron chi connectivity index (χ1n) is 3.74. The van der Waals surface area contributed by atoms with E-state index in [9.17, 15) is 4.79 Å². The predicted octanol–water partition coefficient (Wildman–Crippen LogP) is 3.10. The molecule has 0 radical (unpaired) electrons. The molecule has 0 heterocycles. The van der Waals surface area contributed by atoms with E-state index in [0.29, 0.717) is 0 Å². The first-order chi connectivity index (χ1) is 4.92. The number of hydrogen-bond acceptors (Lipinski definition) is 2. The minimum atomic E-state index is -1.38. The molecule has 0 saturated heterocycles. The molecule has 0 saturated carbocycles. The maximum Gasteiger partial charge on any atom is 0.185 e. The van der Waals surface area contributed by atoms with Gasteiger partial charge in [-0.05, 0) is 12.5 Å². The highest BCUT2D eigenvalue weighted by molar-refractivity contribution is 8.13. The Morgan fingerprint density at radius 1 is 1.55 bits per heavy atom. The van der Waals surface area contributed by atoms with Crippen LogP contribution in [0.4, 0.5) is 0 Å². The van der Waals surface area contributed by atoms with E-state index >= 15 is 0 Å². The van der Waals surface area contributed by atoms with E-state index in [1.165, 1.54) is 11.8 Å². The first kappa shape index (κ1) is 11.5. The molecule has 0 atom stereocenters. The molecule has 0 aliphatic heterocycles. The third kappa shape index (κ3) is 10.5. The lowest BCUT2D eigenvalue weighted by molar-refractivity contribution is -0.109. The lowest BCUT2D eigenvalue weighted by Gasteiger charge is -2.10. The molecule has 0 unspecified atom stereocenters. The summed E-state index contributed by atoms with van der Waals surface area (Å²) in [5.74, 6) is 0.929. The van der Waals surface area contributed by atoms with Crippen molar-refractivity contribution < 1.29 is 4.79 Å². The summed E-state index contributed by atoms with van der Waals surface area (Å²) in [6, 6.07) is 1.11. The fourth-order valence-corrected chi connectivity index (χ4v) is 2.96. The average Bonchev–Trinajstić information content (AvgIpc) is 1.78. The van der Waals surface area contributed by atoms with Gasteiger partial charge in [0.2, 0.25) is 0 Å². The topological polar surface area (TPSA) is 17.1 Å². The molecule has 0 fully saturated rings. The zero-order valence-corrected chi connectivity index (χ0v) is 9.89. The van der Waals surface area contributed by atoms with Gasteiger partial charge in [0.05, 0.1) is 0 Å². The summed E-state index contributed by atoms with van der Waals surface area (Å²) in [5.41, 5.74) is 0. The van der Waals surface area contributed by atoms with Crippen LogP contribution in [-0.4, -0.2) is 18.3 Å². The standard InChI is InChI=1S/C7H15ClOSSi/c1-7(9)10-5-4-6-11(2,3)8/h4-6H2,1-3H3. The second-order valence-corrected chi connectivity index (χ2v) is 11.4. The Hall–Kier alpha value is 0.527. The Balaban J connectivity index is 3.22. The van der Waals surface area contributed by atoms with Crippen LogP contribution in [0, 0.1) is 0 Å². The van der Waals surface area contributed by atoms with Crippen molar-refractivity contribution in [2.45, 2.75) is 32.5 Å². The molecular formula is C7H15ClOSSi. The molecule has 0 aromatic heterocycles. The van der Waals surface area contributed by atoms with E-state index in [-0.39, 0.29) is 5.12 Å². The Morgan fingerprint density at radius 3 is 2.45 bits per heavy atom. The molecule has 0 amide bonds. The lowest BCUT2D eigenvalue weighted by atomic mass is 10.6. The molecular weight excluding hydrogens is 196 g/mol. The van der Waals surface area contributed by atoms with Gasteiger partial charge >= 0.3 is 0 Å². The van der Waals surface area contributed by atoms with Gasteiger partial charge in [-0.15, -0.1) is 0 Å². The minimum absolute atomic E-state index is 0.207. The van der Waals surface area contributed by atoms with Gasteiger partial charge in [0.15, 0.2) is 12.5 Å². The van der Waals surface area contributed by atoms with Crippen LogP contribution >= 0.6 is 22.8 Å². The Morgan fingerprint density at radius 2 is 2.09 bits per heavy atom. The summed E-state index contributed by atoms with van der Waals surface area (Å²) >= 11 is 7.49. The Kier molecular flexibility index (Phi) is 5.47. The van der Waals surface area contributed by atoms with Crippen molar-refractivity contribution in [1.29, 1.82) is 0 Å². The van der Waals surface area contributed by atoms with Crippen molar-refractivity contribution in [1.82, 2.24) is 0 Å². The van der Waals surface area contributed by atoms with Crippen molar-refractivity contribution in [3.05, 3.63) is 0 Å². The molecule has 0 N–H and O–H groups in total.